The SMILES string of the molecule is CCCCOc1ccc(C2Sc3ccccc3N(CCN(C)C)C(=O)C2OC(=O)c2cccnc2)cc1. The van der Waals surface area contributed by atoms with Crippen molar-refractivity contribution in [3.05, 3.63) is 84.2 Å². The lowest BCUT2D eigenvalue weighted by molar-refractivity contribution is -0.127. The van der Waals surface area contributed by atoms with Crippen LogP contribution < -0.4 is 9.64 Å². The number of fused-ring (bicyclic) bond motifs is 1. The highest BCUT2D eigenvalue weighted by atomic mass is 32.2. The van der Waals surface area contributed by atoms with Gasteiger partial charge in [-0.1, -0.05) is 37.6 Å². The van der Waals surface area contributed by atoms with Crippen LogP contribution in [0.25, 0.3) is 0 Å². The van der Waals surface area contributed by atoms with Gasteiger partial charge in [-0.15, -0.1) is 11.8 Å². The molecule has 0 radical (unpaired) electrons. The molecule has 0 fully saturated rings. The fourth-order valence-corrected chi connectivity index (χ4v) is 5.34. The average Bonchev–Trinajstić information content (AvgIpc) is 3.03. The molecule has 0 bridgehead atoms. The largest absolute Gasteiger partial charge is 0.494 e. The van der Waals surface area contributed by atoms with Crippen molar-refractivity contribution in [1.29, 1.82) is 0 Å². The Hall–Kier alpha value is -3.36. The van der Waals surface area contributed by atoms with E-state index in [2.05, 4.69) is 11.9 Å². The Labute approximate surface area is 222 Å². The number of hydrogen-bond donors (Lipinski definition) is 0. The minimum Gasteiger partial charge on any atom is -0.494 e. The molecule has 0 saturated heterocycles. The van der Waals surface area contributed by atoms with Gasteiger partial charge in [0.2, 0.25) is 0 Å². The Kier molecular flexibility index (Phi) is 9.19. The number of ether oxygens (including phenoxy) is 2. The van der Waals surface area contributed by atoms with Gasteiger partial charge in [-0.3, -0.25) is 9.78 Å². The van der Waals surface area contributed by atoms with E-state index in [0.29, 0.717) is 25.3 Å². The number of carbonyl (C=O) groups is 2. The van der Waals surface area contributed by atoms with Gasteiger partial charge in [-0.25, -0.2) is 4.79 Å². The molecule has 2 atom stereocenters. The number of hydrogen-bond acceptors (Lipinski definition) is 7. The van der Waals surface area contributed by atoms with E-state index in [1.54, 1.807) is 23.2 Å². The number of amides is 1. The van der Waals surface area contributed by atoms with Gasteiger partial charge < -0.3 is 19.3 Å². The number of para-hydroxylation sites is 1. The molecular weight excluding hydrogens is 486 g/mol. The lowest BCUT2D eigenvalue weighted by Gasteiger charge is -2.28. The molecule has 1 aliphatic rings. The zero-order valence-electron chi connectivity index (χ0n) is 21.5. The minimum absolute atomic E-state index is 0.246. The number of nitrogens with zero attached hydrogens (tertiary/aromatic N) is 3. The zero-order chi connectivity index (χ0) is 26.2. The Balaban J connectivity index is 1.70. The van der Waals surface area contributed by atoms with E-state index in [4.69, 9.17) is 9.47 Å². The van der Waals surface area contributed by atoms with Gasteiger partial charge in [0.1, 0.15) is 5.75 Å². The minimum atomic E-state index is -1.03. The van der Waals surface area contributed by atoms with Gasteiger partial charge in [-0.2, -0.15) is 0 Å². The van der Waals surface area contributed by atoms with Crippen molar-refractivity contribution in [2.45, 2.75) is 36.0 Å². The topological polar surface area (TPSA) is 72.0 Å². The van der Waals surface area contributed by atoms with E-state index in [9.17, 15) is 9.59 Å². The second-order valence-corrected chi connectivity index (χ2v) is 10.3. The summed E-state index contributed by atoms with van der Waals surface area (Å²) in [6, 6.07) is 18.9. The molecule has 2 aromatic carbocycles. The van der Waals surface area contributed by atoms with Crippen LogP contribution in [0.2, 0.25) is 0 Å². The lowest BCUT2D eigenvalue weighted by atomic mass is 10.1. The number of anilines is 1. The first-order valence-corrected chi connectivity index (χ1v) is 13.4. The van der Waals surface area contributed by atoms with Crippen molar-refractivity contribution in [3.8, 4) is 5.75 Å². The maximum absolute atomic E-state index is 14.1. The van der Waals surface area contributed by atoms with E-state index in [1.165, 1.54) is 18.0 Å². The van der Waals surface area contributed by atoms with Crippen LogP contribution in [-0.4, -0.2) is 61.7 Å². The van der Waals surface area contributed by atoms with Gasteiger partial charge >= 0.3 is 5.97 Å². The third kappa shape index (κ3) is 6.70. The van der Waals surface area contributed by atoms with Crippen LogP contribution in [-0.2, 0) is 9.53 Å². The van der Waals surface area contributed by atoms with Crippen molar-refractivity contribution in [3.63, 3.8) is 0 Å². The molecule has 0 saturated carbocycles. The Bertz CT molecular complexity index is 1190. The average molecular weight is 520 g/mol. The van der Waals surface area contributed by atoms with Crippen molar-refractivity contribution >= 4 is 29.3 Å². The van der Waals surface area contributed by atoms with Crippen LogP contribution in [0, 0.1) is 0 Å². The molecular formula is C29H33N3O4S. The molecule has 0 N–H and O–H groups in total. The highest BCUT2D eigenvalue weighted by Crippen LogP contribution is 2.47. The summed E-state index contributed by atoms with van der Waals surface area (Å²) < 4.78 is 11.8. The van der Waals surface area contributed by atoms with Gasteiger partial charge in [0.15, 0.2) is 6.10 Å². The number of benzene rings is 2. The molecule has 4 rings (SSSR count). The number of carbonyl (C=O) groups excluding carboxylic acids is 2. The molecule has 2 unspecified atom stereocenters. The number of esters is 1. The van der Waals surface area contributed by atoms with Crippen LogP contribution >= 0.6 is 11.8 Å². The summed E-state index contributed by atoms with van der Waals surface area (Å²) in [7, 11) is 3.94. The number of unbranched alkanes of at least 4 members (excludes halogenated alkanes) is 1. The van der Waals surface area contributed by atoms with Crippen LogP contribution in [0.5, 0.6) is 5.75 Å². The molecule has 0 spiro atoms. The summed E-state index contributed by atoms with van der Waals surface area (Å²) in [6.07, 6.45) is 4.06. The molecule has 1 aromatic heterocycles. The van der Waals surface area contributed by atoms with Gasteiger partial charge in [0.05, 0.1) is 23.1 Å². The maximum atomic E-state index is 14.1. The molecule has 2 heterocycles. The molecule has 37 heavy (non-hydrogen) atoms. The lowest BCUT2D eigenvalue weighted by Crippen LogP contribution is -2.45. The molecule has 1 amide bonds. The third-order valence-corrected chi connectivity index (χ3v) is 7.44. The van der Waals surface area contributed by atoms with Gasteiger partial charge in [-0.05, 0) is 62.5 Å². The van der Waals surface area contributed by atoms with Crippen LogP contribution in [0.1, 0.15) is 40.9 Å². The summed E-state index contributed by atoms with van der Waals surface area (Å²) in [5, 5.41) is -0.441. The fraction of sp³-hybridized carbons (Fsp3) is 0.345. The normalized spacial score (nSPS) is 17.3. The predicted octanol–water partition coefficient (Wildman–Crippen LogP) is 5.23. The number of aromatic nitrogens is 1. The van der Waals surface area contributed by atoms with Gasteiger partial charge in [0, 0.05) is 30.4 Å². The first kappa shape index (κ1) is 26.7. The van der Waals surface area contributed by atoms with Gasteiger partial charge in [0.25, 0.3) is 5.91 Å². The van der Waals surface area contributed by atoms with Crippen LogP contribution in [0.3, 0.4) is 0 Å². The van der Waals surface area contributed by atoms with E-state index in [-0.39, 0.29) is 5.91 Å². The zero-order valence-corrected chi connectivity index (χ0v) is 22.3. The number of thioether (sulfide) groups is 1. The molecule has 8 heteroatoms. The molecule has 1 aliphatic heterocycles. The summed E-state index contributed by atoms with van der Waals surface area (Å²) in [5.74, 6) is -0.0426. The molecule has 0 aliphatic carbocycles. The molecule has 3 aromatic rings. The highest BCUT2D eigenvalue weighted by molar-refractivity contribution is 7.99. The standard InChI is InChI=1S/C29H33N3O4S/c1-4-5-19-35-23-14-12-21(13-15-23)27-26(36-29(34)22-9-8-16-30-20-22)28(33)32(18-17-31(2)3)24-10-6-7-11-25(24)37-27/h6-16,20,26-27H,4-5,17-19H2,1-3H3. The highest BCUT2D eigenvalue weighted by Gasteiger charge is 2.41. The number of rotatable bonds is 10. The summed E-state index contributed by atoms with van der Waals surface area (Å²) >= 11 is 1.54. The summed E-state index contributed by atoms with van der Waals surface area (Å²) in [6.45, 7) is 3.93. The smallest absolute Gasteiger partial charge is 0.340 e. The fourth-order valence-electron chi connectivity index (χ4n) is 4.02. The van der Waals surface area contributed by atoms with E-state index in [0.717, 1.165) is 34.7 Å². The third-order valence-electron chi connectivity index (χ3n) is 6.07. The van der Waals surface area contributed by atoms with Crippen molar-refractivity contribution < 1.29 is 19.1 Å². The predicted molar refractivity (Wildman–Crippen MR) is 146 cm³/mol. The maximum Gasteiger partial charge on any atom is 0.340 e. The van der Waals surface area contributed by atoms with E-state index >= 15 is 0 Å². The number of likely N-dealkylation sites (N-methyl/N-ethyl adjacent to an activating group) is 1. The molecule has 194 valence electrons. The van der Waals surface area contributed by atoms with Crippen molar-refractivity contribution in [1.82, 2.24) is 9.88 Å². The number of pyridine rings is 1. The first-order chi connectivity index (χ1) is 18.0. The van der Waals surface area contributed by atoms with Crippen molar-refractivity contribution in [2.24, 2.45) is 0 Å². The quantitative estimate of drug-likeness (QED) is 0.268. The Morgan fingerprint density at radius 2 is 1.86 bits per heavy atom. The van der Waals surface area contributed by atoms with Crippen molar-refractivity contribution in [2.75, 3.05) is 38.7 Å². The second-order valence-electron chi connectivity index (χ2n) is 9.14. The van der Waals surface area contributed by atoms with Crippen LogP contribution in [0.4, 0.5) is 5.69 Å². The van der Waals surface area contributed by atoms with Crippen LogP contribution in [0.15, 0.2) is 78.0 Å². The van der Waals surface area contributed by atoms with E-state index < -0.39 is 17.3 Å². The molecule has 7 nitrogen and oxygen atoms in total. The van der Waals surface area contributed by atoms with E-state index in [1.807, 2.05) is 67.5 Å². The Morgan fingerprint density at radius 1 is 1.08 bits per heavy atom. The first-order valence-electron chi connectivity index (χ1n) is 12.5. The summed E-state index contributed by atoms with van der Waals surface area (Å²) in [4.78, 5) is 36.0. The monoisotopic (exact) mass is 519 g/mol. The second kappa shape index (κ2) is 12.7. The Morgan fingerprint density at radius 3 is 2.57 bits per heavy atom. The summed E-state index contributed by atoms with van der Waals surface area (Å²) in [5.41, 5.74) is 2.01.